The molecule has 5 heteroatoms. The molecule has 0 spiro atoms. The molecule has 0 N–H and O–H groups in total. The average Bonchev–Trinajstić information content (AvgIpc) is 2.68. The second-order valence-electron chi connectivity index (χ2n) is 4.75. The average molecular weight is 257 g/mol. The van der Waals surface area contributed by atoms with Gasteiger partial charge in [0.2, 0.25) is 0 Å². The zero-order valence-corrected chi connectivity index (χ0v) is 10.2. The zero-order valence-electron chi connectivity index (χ0n) is 10.2. The molecule has 1 aromatic carbocycles. The van der Waals surface area contributed by atoms with E-state index in [1.165, 1.54) is 0 Å². The van der Waals surface area contributed by atoms with Crippen LogP contribution in [0.4, 0.5) is 18.9 Å². The van der Waals surface area contributed by atoms with Crippen molar-refractivity contribution in [2.75, 3.05) is 11.4 Å². The lowest BCUT2D eigenvalue weighted by atomic mass is 10.00. The number of anilines is 1. The number of carbonyl (C=O) groups is 1. The van der Waals surface area contributed by atoms with Crippen molar-refractivity contribution >= 4 is 11.6 Å². The molecule has 0 aromatic heterocycles. The van der Waals surface area contributed by atoms with E-state index in [4.69, 9.17) is 0 Å². The molecule has 1 aliphatic rings. The van der Waals surface area contributed by atoms with Crippen LogP contribution in [-0.4, -0.2) is 18.6 Å². The largest absolute Gasteiger partial charge is 0.471 e. The van der Waals surface area contributed by atoms with E-state index in [9.17, 15) is 18.0 Å². The fourth-order valence-corrected chi connectivity index (χ4v) is 2.14. The van der Waals surface area contributed by atoms with Gasteiger partial charge in [-0.2, -0.15) is 13.2 Å². The third-order valence-corrected chi connectivity index (χ3v) is 3.15. The van der Waals surface area contributed by atoms with E-state index >= 15 is 0 Å². The van der Waals surface area contributed by atoms with E-state index in [1.807, 2.05) is 19.9 Å². The minimum Gasteiger partial charge on any atom is -0.304 e. The van der Waals surface area contributed by atoms with Gasteiger partial charge in [0.1, 0.15) is 0 Å². The third-order valence-electron chi connectivity index (χ3n) is 3.15. The van der Waals surface area contributed by atoms with E-state index in [1.54, 1.807) is 12.1 Å². The molecule has 0 radical (unpaired) electrons. The van der Waals surface area contributed by atoms with Crippen LogP contribution in [0, 0.1) is 0 Å². The molecule has 0 unspecified atom stereocenters. The maximum absolute atomic E-state index is 12.4. The van der Waals surface area contributed by atoms with Gasteiger partial charge in [-0.15, -0.1) is 0 Å². The molecule has 0 aliphatic carbocycles. The van der Waals surface area contributed by atoms with Gasteiger partial charge in [0, 0.05) is 12.2 Å². The summed E-state index contributed by atoms with van der Waals surface area (Å²) in [4.78, 5) is 12.1. The molecular weight excluding hydrogens is 243 g/mol. The van der Waals surface area contributed by atoms with Gasteiger partial charge < -0.3 is 4.90 Å². The summed E-state index contributed by atoms with van der Waals surface area (Å²) < 4.78 is 37.2. The summed E-state index contributed by atoms with van der Waals surface area (Å²) in [5.41, 5.74) is 2.29. The Kier molecular flexibility index (Phi) is 3.09. The summed E-state index contributed by atoms with van der Waals surface area (Å²) in [6.07, 6.45) is -4.32. The van der Waals surface area contributed by atoms with E-state index in [0.717, 1.165) is 16.0 Å². The van der Waals surface area contributed by atoms with Crippen molar-refractivity contribution in [3.63, 3.8) is 0 Å². The Labute approximate surface area is 103 Å². The minimum absolute atomic E-state index is 0.106. The first-order valence-corrected chi connectivity index (χ1v) is 5.82. The van der Waals surface area contributed by atoms with Gasteiger partial charge in [0.15, 0.2) is 0 Å². The van der Waals surface area contributed by atoms with Gasteiger partial charge in [0.05, 0.1) is 0 Å². The first-order chi connectivity index (χ1) is 8.30. The van der Waals surface area contributed by atoms with E-state index < -0.39 is 12.1 Å². The van der Waals surface area contributed by atoms with Crippen LogP contribution in [0.25, 0.3) is 0 Å². The molecule has 0 saturated carbocycles. The van der Waals surface area contributed by atoms with Crippen LogP contribution in [0.5, 0.6) is 0 Å². The predicted molar refractivity (Wildman–Crippen MR) is 62.6 cm³/mol. The quantitative estimate of drug-likeness (QED) is 0.756. The topological polar surface area (TPSA) is 20.3 Å². The molecule has 2 nitrogen and oxygen atoms in total. The molecule has 1 amide bonds. The molecule has 98 valence electrons. The monoisotopic (exact) mass is 257 g/mol. The van der Waals surface area contributed by atoms with Gasteiger partial charge in [-0.3, -0.25) is 4.79 Å². The Morgan fingerprint density at radius 2 is 2.00 bits per heavy atom. The number of benzene rings is 1. The molecule has 1 aromatic rings. The van der Waals surface area contributed by atoms with Crippen LogP contribution >= 0.6 is 0 Å². The molecule has 1 heterocycles. The number of carbonyl (C=O) groups excluding carboxylic acids is 1. The second kappa shape index (κ2) is 4.30. The summed E-state index contributed by atoms with van der Waals surface area (Å²) in [6, 6.07) is 5.29. The highest BCUT2D eigenvalue weighted by molar-refractivity contribution is 5.99. The van der Waals surface area contributed by atoms with Crippen LogP contribution in [0.1, 0.15) is 30.9 Å². The SMILES string of the molecule is CC(C)c1ccc2c(c1)CCN2C(=O)C(F)(F)F. The highest BCUT2D eigenvalue weighted by Gasteiger charge is 2.44. The predicted octanol–water partition coefficient (Wildman–Crippen LogP) is 3.26. The van der Waals surface area contributed by atoms with Gasteiger partial charge in [-0.1, -0.05) is 26.0 Å². The second-order valence-corrected chi connectivity index (χ2v) is 4.75. The van der Waals surface area contributed by atoms with Gasteiger partial charge >= 0.3 is 12.1 Å². The molecule has 0 bridgehead atoms. The zero-order chi connectivity index (χ0) is 13.5. The van der Waals surface area contributed by atoms with Crippen molar-refractivity contribution in [3.8, 4) is 0 Å². The number of rotatable bonds is 1. The van der Waals surface area contributed by atoms with Crippen molar-refractivity contribution < 1.29 is 18.0 Å². The van der Waals surface area contributed by atoms with Crippen LogP contribution in [0.2, 0.25) is 0 Å². The third kappa shape index (κ3) is 2.21. The van der Waals surface area contributed by atoms with Crippen molar-refractivity contribution in [2.45, 2.75) is 32.4 Å². The number of fused-ring (bicyclic) bond motifs is 1. The summed E-state index contributed by atoms with van der Waals surface area (Å²) in [5, 5.41) is 0. The summed E-state index contributed by atoms with van der Waals surface area (Å²) in [5.74, 6) is -1.46. The smallest absolute Gasteiger partial charge is 0.304 e. The number of halogens is 3. The summed E-state index contributed by atoms with van der Waals surface area (Å²) >= 11 is 0. The van der Waals surface area contributed by atoms with Gasteiger partial charge in [0.25, 0.3) is 0 Å². The Balaban J connectivity index is 2.32. The van der Waals surface area contributed by atoms with Crippen LogP contribution < -0.4 is 4.90 Å². The standard InChI is InChI=1S/C13H14F3NO/c1-8(2)9-3-4-11-10(7-9)5-6-17(11)12(18)13(14,15)16/h3-4,7-8H,5-6H2,1-2H3. The summed E-state index contributed by atoms with van der Waals surface area (Å²) in [6.45, 7) is 4.15. The minimum atomic E-state index is -4.81. The normalized spacial score (nSPS) is 15.1. The van der Waals surface area contributed by atoms with Crippen LogP contribution in [-0.2, 0) is 11.2 Å². The molecule has 0 fully saturated rings. The van der Waals surface area contributed by atoms with Gasteiger partial charge in [-0.25, -0.2) is 0 Å². The van der Waals surface area contributed by atoms with E-state index in [-0.39, 0.29) is 6.54 Å². The highest BCUT2D eigenvalue weighted by Crippen LogP contribution is 2.33. The molecular formula is C13H14F3NO. The molecule has 18 heavy (non-hydrogen) atoms. The Bertz CT molecular complexity index is 480. The molecule has 2 rings (SSSR count). The number of hydrogen-bond acceptors (Lipinski definition) is 1. The van der Waals surface area contributed by atoms with E-state index in [0.29, 0.717) is 18.0 Å². The maximum Gasteiger partial charge on any atom is 0.471 e. The van der Waals surface area contributed by atoms with Crippen molar-refractivity contribution in [2.24, 2.45) is 0 Å². The van der Waals surface area contributed by atoms with Crippen molar-refractivity contribution in [1.29, 1.82) is 0 Å². The molecule has 1 aliphatic heterocycles. The number of amides is 1. The molecule has 0 saturated heterocycles. The first kappa shape index (κ1) is 12.9. The van der Waals surface area contributed by atoms with Crippen LogP contribution in [0.15, 0.2) is 18.2 Å². The van der Waals surface area contributed by atoms with Gasteiger partial charge in [-0.05, 0) is 29.5 Å². The number of nitrogens with zero attached hydrogens (tertiary/aromatic N) is 1. The lowest BCUT2D eigenvalue weighted by molar-refractivity contribution is -0.170. The Hall–Kier alpha value is -1.52. The molecule has 0 atom stereocenters. The fraction of sp³-hybridized carbons (Fsp3) is 0.462. The van der Waals surface area contributed by atoms with E-state index in [2.05, 4.69) is 0 Å². The van der Waals surface area contributed by atoms with Crippen molar-refractivity contribution in [3.05, 3.63) is 29.3 Å². The fourth-order valence-electron chi connectivity index (χ4n) is 2.14. The summed E-state index contributed by atoms with van der Waals surface area (Å²) in [7, 11) is 0. The van der Waals surface area contributed by atoms with Crippen LogP contribution in [0.3, 0.4) is 0 Å². The van der Waals surface area contributed by atoms with Crippen molar-refractivity contribution in [1.82, 2.24) is 0 Å². The lowest BCUT2D eigenvalue weighted by Crippen LogP contribution is -2.40. The number of alkyl halides is 3. The highest BCUT2D eigenvalue weighted by atomic mass is 19.4. The number of hydrogen-bond donors (Lipinski definition) is 0. The Morgan fingerprint density at radius 3 is 2.56 bits per heavy atom. The first-order valence-electron chi connectivity index (χ1n) is 5.82. The maximum atomic E-state index is 12.4. The lowest BCUT2D eigenvalue weighted by Gasteiger charge is -2.19. The Morgan fingerprint density at radius 1 is 1.33 bits per heavy atom.